The quantitative estimate of drug-likeness (QED) is 0.599. The first-order chi connectivity index (χ1) is 6.68. The zero-order valence-corrected chi connectivity index (χ0v) is 10.0. The van der Waals surface area contributed by atoms with Crippen LogP contribution >= 0.6 is 24.8 Å². The Balaban J connectivity index is 0.00000112. The van der Waals surface area contributed by atoms with Gasteiger partial charge in [0.25, 0.3) is 5.69 Å². The minimum Gasteiger partial charge on any atom is -0.378 e. The molecular formula is C9H13Cl2N3O2. The summed E-state index contributed by atoms with van der Waals surface area (Å²) in [5, 5.41) is 13.7. The van der Waals surface area contributed by atoms with Gasteiger partial charge in [-0.05, 0) is 12.0 Å². The summed E-state index contributed by atoms with van der Waals surface area (Å²) in [6.07, 6.45) is 0.698. The first-order valence-electron chi connectivity index (χ1n) is 4.44. The zero-order chi connectivity index (χ0) is 10.1. The van der Waals surface area contributed by atoms with Crippen molar-refractivity contribution in [3.63, 3.8) is 0 Å². The van der Waals surface area contributed by atoms with Crippen LogP contribution < -0.4 is 11.1 Å². The lowest BCUT2D eigenvalue weighted by Gasteiger charge is -2.22. The smallest absolute Gasteiger partial charge is 0.292 e. The van der Waals surface area contributed by atoms with Gasteiger partial charge in [-0.25, -0.2) is 0 Å². The number of para-hydroxylation sites is 1. The highest BCUT2D eigenvalue weighted by atomic mass is 35.5. The third-order valence-corrected chi connectivity index (χ3v) is 2.35. The molecule has 2 rings (SSSR count). The number of benzene rings is 1. The maximum absolute atomic E-state index is 10.7. The Morgan fingerprint density at radius 2 is 2.12 bits per heavy atom. The molecule has 16 heavy (non-hydrogen) atoms. The Labute approximate surface area is 105 Å². The minimum absolute atomic E-state index is 0. The van der Waals surface area contributed by atoms with E-state index < -0.39 is 0 Å². The second-order valence-electron chi connectivity index (χ2n) is 3.41. The molecule has 5 nitrogen and oxygen atoms in total. The van der Waals surface area contributed by atoms with Gasteiger partial charge in [-0.2, -0.15) is 0 Å². The molecule has 0 spiro atoms. The summed E-state index contributed by atoms with van der Waals surface area (Å²) < 4.78 is 0. The van der Waals surface area contributed by atoms with E-state index >= 15 is 0 Å². The van der Waals surface area contributed by atoms with Crippen LogP contribution in [0.1, 0.15) is 5.56 Å². The van der Waals surface area contributed by atoms with Crippen LogP contribution in [0.2, 0.25) is 0 Å². The van der Waals surface area contributed by atoms with Crippen LogP contribution in [0.15, 0.2) is 18.2 Å². The fourth-order valence-corrected chi connectivity index (χ4v) is 1.70. The number of anilines is 1. The van der Waals surface area contributed by atoms with E-state index in [-0.39, 0.29) is 41.5 Å². The number of fused-ring (bicyclic) bond motifs is 1. The lowest BCUT2D eigenvalue weighted by Crippen LogP contribution is -2.35. The van der Waals surface area contributed by atoms with E-state index in [4.69, 9.17) is 5.73 Å². The van der Waals surface area contributed by atoms with Crippen LogP contribution in [0.4, 0.5) is 11.4 Å². The number of rotatable bonds is 1. The van der Waals surface area contributed by atoms with E-state index in [9.17, 15) is 10.1 Å². The van der Waals surface area contributed by atoms with Crippen molar-refractivity contribution in [2.75, 3.05) is 11.9 Å². The number of hydrogen-bond acceptors (Lipinski definition) is 4. The Hall–Kier alpha value is -1.04. The SMILES string of the molecule is Cl.Cl.NC1CNc2c(cccc2[N+](=O)[O-])C1. The number of nitrogens with one attached hydrogen (secondary N) is 1. The molecule has 1 aromatic carbocycles. The zero-order valence-electron chi connectivity index (χ0n) is 8.38. The highest BCUT2D eigenvalue weighted by Gasteiger charge is 2.22. The van der Waals surface area contributed by atoms with Crippen LogP contribution in [0.5, 0.6) is 0 Å². The second kappa shape index (κ2) is 5.89. The van der Waals surface area contributed by atoms with Gasteiger partial charge in [-0.3, -0.25) is 10.1 Å². The van der Waals surface area contributed by atoms with E-state index in [1.54, 1.807) is 6.07 Å². The maximum atomic E-state index is 10.7. The normalized spacial score (nSPS) is 17.2. The van der Waals surface area contributed by atoms with Crippen molar-refractivity contribution in [2.24, 2.45) is 5.73 Å². The molecule has 0 amide bonds. The molecule has 0 saturated heterocycles. The van der Waals surface area contributed by atoms with Gasteiger partial charge in [-0.15, -0.1) is 24.8 Å². The largest absolute Gasteiger partial charge is 0.378 e. The van der Waals surface area contributed by atoms with Gasteiger partial charge in [0.15, 0.2) is 0 Å². The molecule has 3 N–H and O–H groups in total. The van der Waals surface area contributed by atoms with Crippen molar-refractivity contribution >= 4 is 36.2 Å². The monoisotopic (exact) mass is 265 g/mol. The summed E-state index contributed by atoms with van der Waals surface area (Å²) in [4.78, 5) is 10.3. The highest BCUT2D eigenvalue weighted by Crippen LogP contribution is 2.31. The number of hydrogen-bond donors (Lipinski definition) is 2. The van der Waals surface area contributed by atoms with Crippen molar-refractivity contribution in [3.05, 3.63) is 33.9 Å². The van der Waals surface area contributed by atoms with Crippen LogP contribution in [-0.2, 0) is 6.42 Å². The van der Waals surface area contributed by atoms with Crippen LogP contribution in [-0.4, -0.2) is 17.5 Å². The van der Waals surface area contributed by atoms with E-state index in [2.05, 4.69) is 5.32 Å². The van der Waals surface area contributed by atoms with Gasteiger partial charge in [0.2, 0.25) is 0 Å². The minimum atomic E-state index is -0.372. The topological polar surface area (TPSA) is 81.2 Å². The number of halogens is 2. The standard InChI is InChI=1S/C9H11N3O2.2ClH/c10-7-4-6-2-1-3-8(12(13)14)9(6)11-5-7;;/h1-3,7,11H,4-5,10H2;2*1H. The Morgan fingerprint density at radius 3 is 2.75 bits per heavy atom. The summed E-state index contributed by atoms with van der Waals surface area (Å²) in [5.41, 5.74) is 7.43. The van der Waals surface area contributed by atoms with Crippen LogP contribution in [0.25, 0.3) is 0 Å². The molecule has 1 aliphatic heterocycles. The molecule has 1 atom stereocenters. The molecule has 1 unspecified atom stereocenters. The molecule has 90 valence electrons. The average Bonchev–Trinajstić information content (AvgIpc) is 2.16. The van der Waals surface area contributed by atoms with Crippen molar-refractivity contribution in [1.82, 2.24) is 0 Å². The van der Waals surface area contributed by atoms with Gasteiger partial charge in [0, 0.05) is 18.7 Å². The van der Waals surface area contributed by atoms with E-state index in [1.165, 1.54) is 6.07 Å². The van der Waals surface area contributed by atoms with Crippen LogP contribution in [0, 0.1) is 10.1 Å². The second-order valence-corrected chi connectivity index (χ2v) is 3.41. The molecule has 1 aromatic rings. The summed E-state index contributed by atoms with van der Waals surface area (Å²) in [5.74, 6) is 0. The van der Waals surface area contributed by atoms with Gasteiger partial charge in [0.05, 0.1) is 4.92 Å². The molecular weight excluding hydrogens is 253 g/mol. The van der Waals surface area contributed by atoms with Crippen molar-refractivity contribution < 1.29 is 4.92 Å². The van der Waals surface area contributed by atoms with Crippen molar-refractivity contribution in [3.8, 4) is 0 Å². The predicted molar refractivity (Wildman–Crippen MR) is 67.8 cm³/mol. The fourth-order valence-electron chi connectivity index (χ4n) is 1.70. The predicted octanol–water partition coefficient (Wildman–Crippen LogP) is 1.73. The first kappa shape index (κ1) is 15.0. The lowest BCUT2D eigenvalue weighted by atomic mass is 9.99. The number of nitro benzene ring substituents is 1. The molecule has 0 bridgehead atoms. The summed E-state index contributed by atoms with van der Waals surface area (Å²) in [6.45, 7) is 0.595. The van der Waals surface area contributed by atoms with E-state index in [0.717, 1.165) is 5.56 Å². The molecule has 7 heteroatoms. The molecule has 0 radical (unpaired) electrons. The lowest BCUT2D eigenvalue weighted by molar-refractivity contribution is -0.384. The molecule has 0 aliphatic carbocycles. The fraction of sp³-hybridized carbons (Fsp3) is 0.333. The Morgan fingerprint density at radius 1 is 1.44 bits per heavy atom. The van der Waals surface area contributed by atoms with E-state index in [0.29, 0.717) is 18.7 Å². The first-order valence-corrected chi connectivity index (χ1v) is 4.44. The Bertz CT molecular complexity index is 387. The summed E-state index contributed by atoms with van der Waals surface area (Å²) in [7, 11) is 0. The molecule has 0 saturated carbocycles. The molecule has 0 fully saturated rings. The van der Waals surface area contributed by atoms with Gasteiger partial charge in [0.1, 0.15) is 5.69 Å². The number of nitrogens with zero attached hydrogens (tertiary/aromatic N) is 1. The van der Waals surface area contributed by atoms with Gasteiger partial charge in [-0.1, -0.05) is 12.1 Å². The number of nitro groups is 1. The van der Waals surface area contributed by atoms with Gasteiger partial charge < -0.3 is 11.1 Å². The van der Waals surface area contributed by atoms with Gasteiger partial charge >= 0.3 is 0 Å². The maximum Gasteiger partial charge on any atom is 0.292 e. The summed E-state index contributed by atoms with van der Waals surface area (Å²) >= 11 is 0. The highest BCUT2D eigenvalue weighted by molar-refractivity contribution is 5.85. The van der Waals surface area contributed by atoms with E-state index in [1.807, 2.05) is 6.07 Å². The summed E-state index contributed by atoms with van der Waals surface area (Å²) in [6, 6.07) is 5.11. The average molecular weight is 266 g/mol. The third-order valence-electron chi connectivity index (χ3n) is 2.35. The molecule has 1 aliphatic rings. The third kappa shape index (κ3) is 2.75. The number of nitrogens with two attached hydrogens (primary N) is 1. The molecule has 1 heterocycles. The molecule has 0 aromatic heterocycles. The van der Waals surface area contributed by atoms with Crippen LogP contribution in [0.3, 0.4) is 0 Å². The Kier molecular flexibility index (Phi) is 5.50. The van der Waals surface area contributed by atoms with Crippen molar-refractivity contribution in [2.45, 2.75) is 12.5 Å². The van der Waals surface area contributed by atoms with Crippen molar-refractivity contribution in [1.29, 1.82) is 0 Å².